The van der Waals surface area contributed by atoms with Crippen molar-refractivity contribution in [3.63, 3.8) is 0 Å². The Balaban J connectivity index is 1.47. The van der Waals surface area contributed by atoms with Crippen molar-refractivity contribution in [3.8, 4) is 0 Å². The Morgan fingerprint density at radius 1 is 1.06 bits per heavy atom. The van der Waals surface area contributed by atoms with Gasteiger partial charge in [0.25, 0.3) is 0 Å². The molecule has 4 aliphatic rings. The number of hydrogen-bond acceptors (Lipinski definition) is 2. The van der Waals surface area contributed by atoms with Crippen molar-refractivity contribution in [1.29, 1.82) is 0 Å². The molecule has 0 aromatic rings. The lowest BCUT2D eigenvalue weighted by Crippen LogP contribution is -2.55. The molecular weight excluding hydrogens is 413 g/mol. The van der Waals surface area contributed by atoms with Gasteiger partial charge in [-0.2, -0.15) is 13.2 Å². The first-order valence-corrected chi connectivity index (χ1v) is 13.0. The van der Waals surface area contributed by atoms with Crippen molar-refractivity contribution in [3.05, 3.63) is 11.6 Å². The molecule has 0 amide bonds. The Bertz CT molecular complexity index is 731. The highest BCUT2D eigenvalue weighted by Gasteiger charge is 2.63. The second kappa shape index (κ2) is 8.29. The molecule has 2 nitrogen and oxygen atoms in total. The predicted molar refractivity (Wildman–Crippen MR) is 121 cm³/mol. The van der Waals surface area contributed by atoms with E-state index in [-0.39, 0.29) is 24.4 Å². The van der Waals surface area contributed by atoms with Crippen molar-refractivity contribution in [2.24, 2.45) is 40.4 Å². The van der Waals surface area contributed by atoms with E-state index in [1.807, 2.05) is 0 Å². The van der Waals surface area contributed by atoms with Gasteiger partial charge in [-0.15, -0.1) is 0 Å². The maximum Gasteiger partial charge on any atom is 0.417 e. The van der Waals surface area contributed by atoms with E-state index in [0.717, 1.165) is 31.3 Å². The molecule has 0 heterocycles. The van der Waals surface area contributed by atoms with Crippen LogP contribution in [-0.4, -0.2) is 28.1 Å². The summed E-state index contributed by atoms with van der Waals surface area (Å²) in [4.78, 5) is 0. The number of halogens is 3. The minimum absolute atomic E-state index is 0.170. The van der Waals surface area contributed by atoms with Crippen LogP contribution in [0.25, 0.3) is 0 Å². The van der Waals surface area contributed by atoms with Gasteiger partial charge in [0.1, 0.15) is 0 Å². The number of aliphatic hydroxyl groups is 2. The van der Waals surface area contributed by atoms with Crippen molar-refractivity contribution in [2.75, 3.05) is 0 Å². The fourth-order valence-electron chi connectivity index (χ4n) is 8.38. The summed E-state index contributed by atoms with van der Waals surface area (Å²) in [5.74, 6) is 2.67. The van der Waals surface area contributed by atoms with Crippen LogP contribution in [0.2, 0.25) is 0 Å². The van der Waals surface area contributed by atoms with Crippen LogP contribution in [0.3, 0.4) is 0 Å². The van der Waals surface area contributed by atoms with E-state index in [1.54, 1.807) is 0 Å². The third-order valence-electron chi connectivity index (χ3n) is 10.7. The highest BCUT2D eigenvalue weighted by molar-refractivity contribution is 5.27. The molecule has 5 heteroatoms. The normalized spacial score (nSPS) is 45.1. The maximum absolute atomic E-state index is 13.5. The minimum atomic E-state index is -4.56. The SMILES string of the molecule is CC(C)[C@@H](O)CCC[C@H]1CC[C@H]2[C@@H]3CC=C4C[C@](O)(C(F)(F)F)CC[C@]4(C)[C@H]3CC[C@]12C. The number of rotatable bonds is 5. The smallest absolute Gasteiger partial charge is 0.393 e. The molecule has 0 aliphatic heterocycles. The second-order valence-electron chi connectivity index (χ2n) is 12.5. The van der Waals surface area contributed by atoms with Gasteiger partial charge in [-0.1, -0.05) is 45.8 Å². The van der Waals surface area contributed by atoms with Gasteiger partial charge in [0.15, 0.2) is 5.60 Å². The summed E-state index contributed by atoms with van der Waals surface area (Å²) in [7, 11) is 0. The summed E-state index contributed by atoms with van der Waals surface area (Å²) < 4.78 is 40.5. The Morgan fingerprint density at radius 2 is 1.78 bits per heavy atom. The highest BCUT2D eigenvalue weighted by Crippen LogP contribution is 2.67. The van der Waals surface area contributed by atoms with Crippen LogP contribution in [0.15, 0.2) is 11.6 Å². The maximum atomic E-state index is 13.5. The molecule has 3 saturated carbocycles. The summed E-state index contributed by atoms with van der Waals surface area (Å²) in [5, 5.41) is 20.5. The topological polar surface area (TPSA) is 40.5 Å². The zero-order valence-electron chi connectivity index (χ0n) is 20.3. The van der Waals surface area contributed by atoms with E-state index in [2.05, 4.69) is 33.8 Å². The van der Waals surface area contributed by atoms with Gasteiger partial charge in [0.2, 0.25) is 0 Å². The molecule has 0 saturated heterocycles. The van der Waals surface area contributed by atoms with Crippen molar-refractivity contribution >= 4 is 0 Å². The first-order chi connectivity index (χ1) is 14.8. The van der Waals surface area contributed by atoms with Crippen molar-refractivity contribution in [1.82, 2.24) is 0 Å². The van der Waals surface area contributed by atoms with E-state index in [1.165, 1.54) is 25.7 Å². The largest absolute Gasteiger partial charge is 0.417 e. The van der Waals surface area contributed by atoms with Gasteiger partial charge >= 0.3 is 6.18 Å². The Hall–Kier alpha value is -0.550. The summed E-state index contributed by atoms with van der Waals surface area (Å²) in [6.45, 7) is 8.82. The Morgan fingerprint density at radius 3 is 2.44 bits per heavy atom. The van der Waals surface area contributed by atoms with Crippen LogP contribution in [0, 0.1) is 40.4 Å². The van der Waals surface area contributed by atoms with Crippen LogP contribution in [0.1, 0.15) is 98.3 Å². The minimum Gasteiger partial charge on any atom is -0.393 e. The predicted octanol–water partition coefficient (Wildman–Crippen LogP) is 7.05. The first kappa shape index (κ1) is 24.6. The average molecular weight is 457 g/mol. The summed E-state index contributed by atoms with van der Waals surface area (Å²) in [5.41, 5.74) is -1.55. The summed E-state index contributed by atoms with van der Waals surface area (Å²) >= 11 is 0. The molecule has 0 aromatic heterocycles. The lowest BCUT2D eigenvalue weighted by atomic mass is 9.46. The molecule has 0 unspecified atom stereocenters. The average Bonchev–Trinajstić information content (AvgIpc) is 3.04. The zero-order valence-corrected chi connectivity index (χ0v) is 20.3. The van der Waals surface area contributed by atoms with Gasteiger partial charge in [0, 0.05) is 6.42 Å². The van der Waals surface area contributed by atoms with Gasteiger partial charge in [-0.3, -0.25) is 0 Å². The third-order valence-corrected chi connectivity index (χ3v) is 10.7. The molecule has 8 atom stereocenters. The first-order valence-electron chi connectivity index (χ1n) is 13.0. The fraction of sp³-hybridized carbons (Fsp3) is 0.926. The van der Waals surface area contributed by atoms with Crippen molar-refractivity contribution in [2.45, 2.75) is 116 Å². The van der Waals surface area contributed by atoms with E-state index in [0.29, 0.717) is 41.4 Å². The van der Waals surface area contributed by atoms with Gasteiger partial charge in [-0.05, 0) is 98.2 Å². The molecule has 3 fully saturated rings. The number of allylic oxidation sites excluding steroid dienone is 1. The number of hydrogen-bond donors (Lipinski definition) is 2. The van der Waals surface area contributed by atoms with E-state index in [4.69, 9.17) is 0 Å². The molecule has 0 radical (unpaired) electrons. The standard InChI is InChI=1S/C27H43F3O2/c1-17(2)23(31)7-5-6-18-9-11-21-20-10-8-19-16-26(32,27(28,29)30)15-14-25(19,4)22(20)12-13-24(18,21)3/h8,17-18,20-23,31-32H,5-7,9-16H2,1-4H3/t18-,20-,21-,22-,23-,24+,25-,26-/m0/s1. The third kappa shape index (κ3) is 3.87. The Labute approximate surface area is 192 Å². The van der Waals surface area contributed by atoms with Crippen molar-refractivity contribution < 1.29 is 23.4 Å². The van der Waals surface area contributed by atoms with Crippen LogP contribution in [0.4, 0.5) is 13.2 Å². The van der Waals surface area contributed by atoms with Gasteiger partial charge in [-0.25, -0.2) is 0 Å². The van der Waals surface area contributed by atoms with Crippen LogP contribution < -0.4 is 0 Å². The monoisotopic (exact) mass is 456 g/mol. The van der Waals surface area contributed by atoms with Crippen LogP contribution in [-0.2, 0) is 0 Å². The lowest BCUT2D eigenvalue weighted by Gasteiger charge is -2.59. The summed E-state index contributed by atoms with van der Waals surface area (Å²) in [6.07, 6.45) is 6.14. The Kier molecular flexibility index (Phi) is 6.36. The van der Waals surface area contributed by atoms with E-state index in [9.17, 15) is 23.4 Å². The van der Waals surface area contributed by atoms with Gasteiger partial charge < -0.3 is 10.2 Å². The summed E-state index contributed by atoms with van der Waals surface area (Å²) in [6, 6.07) is 0. The molecule has 0 bridgehead atoms. The number of aliphatic hydroxyl groups excluding tert-OH is 1. The zero-order chi connectivity index (χ0) is 23.5. The molecule has 4 rings (SSSR count). The molecule has 4 aliphatic carbocycles. The molecule has 184 valence electrons. The molecule has 32 heavy (non-hydrogen) atoms. The molecule has 0 aromatic carbocycles. The number of alkyl halides is 3. The highest BCUT2D eigenvalue weighted by atomic mass is 19.4. The van der Waals surface area contributed by atoms with E-state index >= 15 is 0 Å². The van der Waals surface area contributed by atoms with E-state index < -0.39 is 11.8 Å². The van der Waals surface area contributed by atoms with Gasteiger partial charge in [0.05, 0.1) is 6.10 Å². The quantitative estimate of drug-likeness (QED) is 0.435. The molecule has 2 N–H and O–H groups in total. The van der Waals surface area contributed by atoms with Crippen LogP contribution >= 0.6 is 0 Å². The molecule has 0 spiro atoms. The lowest BCUT2D eigenvalue weighted by molar-refractivity contribution is -0.271. The number of fused-ring (bicyclic) bond motifs is 5. The fourth-order valence-corrected chi connectivity index (χ4v) is 8.38. The molecular formula is C27H43F3O2. The van der Waals surface area contributed by atoms with Crippen LogP contribution in [0.5, 0.6) is 0 Å². The second-order valence-corrected chi connectivity index (χ2v) is 12.5.